The normalized spacial score (nSPS) is 19.7. The fourth-order valence-electron chi connectivity index (χ4n) is 5.59. The van der Waals surface area contributed by atoms with Gasteiger partial charge in [-0.15, -0.1) is 0 Å². The van der Waals surface area contributed by atoms with Gasteiger partial charge in [-0.25, -0.2) is 0 Å². The van der Waals surface area contributed by atoms with Crippen molar-refractivity contribution in [1.82, 2.24) is 10.2 Å². The van der Waals surface area contributed by atoms with Crippen LogP contribution in [0.5, 0.6) is 0 Å². The summed E-state index contributed by atoms with van der Waals surface area (Å²) in [6, 6.07) is 16.1. The number of nitrogens with zero attached hydrogens (tertiary/aromatic N) is 2. The third-order valence-electron chi connectivity index (χ3n) is 7.95. The average molecular weight is 516 g/mol. The van der Waals surface area contributed by atoms with E-state index < -0.39 is 30.1 Å². The molecule has 1 aliphatic carbocycles. The SMILES string of the molecule is C[C@@H](NC(=O)[C@H](O)[C@@H](O)C(=O)N1CCC2=CCCC=C2C1)c1ccc(-c2ccc(N3CCCC3)cc2)cc1. The molecule has 5 rings (SSSR count). The number of fused-ring (bicyclic) bond motifs is 1. The number of allylic oxidation sites excluding steroid dienone is 2. The predicted molar refractivity (Wildman–Crippen MR) is 148 cm³/mol. The Labute approximate surface area is 224 Å². The summed E-state index contributed by atoms with van der Waals surface area (Å²) in [5.74, 6) is -1.39. The first-order valence-corrected chi connectivity index (χ1v) is 13.7. The molecule has 2 fully saturated rings. The van der Waals surface area contributed by atoms with E-state index in [0.717, 1.165) is 54.6 Å². The van der Waals surface area contributed by atoms with Crippen LogP contribution in [0.3, 0.4) is 0 Å². The molecule has 200 valence electrons. The second kappa shape index (κ2) is 11.5. The first-order chi connectivity index (χ1) is 18.4. The Morgan fingerprint density at radius 1 is 0.816 bits per heavy atom. The molecule has 2 aromatic carbocycles. The first kappa shape index (κ1) is 26.2. The van der Waals surface area contributed by atoms with Crippen LogP contribution < -0.4 is 10.2 Å². The summed E-state index contributed by atoms with van der Waals surface area (Å²) in [7, 11) is 0. The van der Waals surface area contributed by atoms with Crippen molar-refractivity contribution in [3.8, 4) is 11.1 Å². The van der Waals surface area contributed by atoms with Gasteiger partial charge in [0.25, 0.3) is 11.8 Å². The molecule has 2 aliphatic heterocycles. The molecule has 7 nitrogen and oxygen atoms in total. The summed E-state index contributed by atoms with van der Waals surface area (Å²) in [6.45, 7) is 4.92. The molecular formula is C31H37N3O4. The fourth-order valence-corrected chi connectivity index (χ4v) is 5.59. The topological polar surface area (TPSA) is 93.1 Å². The minimum Gasteiger partial charge on any atom is -0.380 e. The van der Waals surface area contributed by atoms with Crippen molar-refractivity contribution in [2.24, 2.45) is 0 Å². The van der Waals surface area contributed by atoms with Crippen LogP contribution in [-0.4, -0.2) is 65.3 Å². The zero-order chi connectivity index (χ0) is 26.6. The second-order valence-corrected chi connectivity index (χ2v) is 10.5. The number of hydrogen-bond acceptors (Lipinski definition) is 5. The third kappa shape index (κ3) is 5.69. The highest BCUT2D eigenvalue weighted by Gasteiger charge is 2.35. The van der Waals surface area contributed by atoms with Gasteiger partial charge in [-0.1, -0.05) is 48.6 Å². The Morgan fingerprint density at radius 2 is 1.42 bits per heavy atom. The smallest absolute Gasteiger partial charge is 0.255 e. The van der Waals surface area contributed by atoms with Gasteiger partial charge in [-0.2, -0.15) is 0 Å². The molecule has 2 saturated heterocycles. The molecule has 3 aliphatic rings. The molecule has 0 bridgehead atoms. The molecule has 0 saturated carbocycles. The maximum absolute atomic E-state index is 12.8. The number of hydrogen-bond donors (Lipinski definition) is 3. The first-order valence-electron chi connectivity index (χ1n) is 13.7. The van der Waals surface area contributed by atoms with Crippen molar-refractivity contribution in [1.29, 1.82) is 0 Å². The second-order valence-electron chi connectivity index (χ2n) is 10.5. The largest absolute Gasteiger partial charge is 0.380 e. The average Bonchev–Trinajstić information content (AvgIpc) is 3.51. The third-order valence-corrected chi connectivity index (χ3v) is 7.95. The van der Waals surface area contributed by atoms with E-state index in [1.54, 1.807) is 0 Å². The van der Waals surface area contributed by atoms with E-state index in [2.05, 4.69) is 46.6 Å². The van der Waals surface area contributed by atoms with Gasteiger partial charge in [0, 0.05) is 31.9 Å². The number of rotatable bonds is 7. The number of likely N-dealkylation sites (tertiary alicyclic amines) is 1. The lowest BCUT2D eigenvalue weighted by molar-refractivity contribution is -0.153. The number of piperidine rings is 1. The molecule has 3 atom stereocenters. The van der Waals surface area contributed by atoms with Crippen LogP contribution in [0.2, 0.25) is 0 Å². The van der Waals surface area contributed by atoms with E-state index in [1.165, 1.54) is 29.0 Å². The number of carbonyl (C=O) groups excluding carboxylic acids is 2. The summed E-state index contributed by atoms with van der Waals surface area (Å²) >= 11 is 0. The van der Waals surface area contributed by atoms with E-state index >= 15 is 0 Å². The highest BCUT2D eigenvalue weighted by Crippen LogP contribution is 2.28. The summed E-state index contributed by atoms with van der Waals surface area (Å²) in [5, 5.41) is 23.7. The maximum Gasteiger partial charge on any atom is 0.255 e. The van der Waals surface area contributed by atoms with Crippen molar-refractivity contribution >= 4 is 17.5 Å². The van der Waals surface area contributed by atoms with Gasteiger partial charge in [0.05, 0.1) is 6.04 Å². The number of aliphatic hydroxyl groups excluding tert-OH is 2. The number of anilines is 1. The van der Waals surface area contributed by atoms with Gasteiger partial charge >= 0.3 is 0 Å². The van der Waals surface area contributed by atoms with Crippen LogP contribution in [0.4, 0.5) is 5.69 Å². The summed E-state index contributed by atoms with van der Waals surface area (Å²) in [5.41, 5.74) is 6.68. The van der Waals surface area contributed by atoms with E-state index in [1.807, 2.05) is 31.2 Å². The number of carbonyl (C=O) groups is 2. The fraction of sp³-hybridized carbons (Fsp3) is 0.419. The van der Waals surface area contributed by atoms with Crippen molar-refractivity contribution in [3.63, 3.8) is 0 Å². The van der Waals surface area contributed by atoms with Crippen LogP contribution in [0.1, 0.15) is 50.6 Å². The zero-order valence-electron chi connectivity index (χ0n) is 22.0. The van der Waals surface area contributed by atoms with Gasteiger partial charge in [0.15, 0.2) is 12.2 Å². The Balaban J connectivity index is 1.15. The highest BCUT2D eigenvalue weighted by atomic mass is 16.3. The van der Waals surface area contributed by atoms with Crippen molar-refractivity contribution in [2.75, 3.05) is 31.1 Å². The minimum atomic E-state index is -1.84. The zero-order valence-corrected chi connectivity index (χ0v) is 22.0. The van der Waals surface area contributed by atoms with Crippen molar-refractivity contribution in [3.05, 3.63) is 77.4 Å². The van der Waals surface area contributed by atoms with Crippen LogP contribution in [0.15, 0.2) is 71.8 Å². The summed E-state index contributed by atoms with van der Waals surface area (Å²) in [4.78, 5) is 29.5. The number of aliphatic hydroxyl groups is 2. The number of nitrogens with one attached hydrogen (secondary N) is 1. The molecule has 3 N–H and O–H groups in total. The molecule has 7 heteroatoms. The quantitative estimate of drug-likeness (QED) is 0.523. The monoisotopic (exact) mass is 515 g/mol. The molecule has 38 heavy (non-hydrogen) atoms. The summed E-state index contributed by atoms with van der Waals surface area (Å²) in [6.07, 6.45) is 5.87. The Hall–Kier alpha value is -3.42. The molecular weight excluding hydrogens is 478 g/mol. The Bertz CT molecular complexity index is 1210. The lowest BCUT2D eigenvalue weighted by Gasteiger charge is -2.34. The van der Waals surface area contributed by atoms with Crippen LogP contribution >= 0.6 is 0 Å². The van der Waals surface area contributed by atoms with Gasteiger partial charge < -0.3 is 25.3 Å². The minimum absolute atomic E-state index is 0.402. The molecule has 2 heterocycles. The van der Waals surface area contributed by atoms with E-state index in [4.69, 9.17) is 0 Å². The van der Waals surface area contributed by atoms with Gasteiger partial charge in [0.2, 0.25) is 0 Å². The van der Waals surface area contributed by atoms with Crippen LogP contribution in [0.25, 0.3) is 11.1 Å². The maximum atomic E-state index is 12.8. The number of benzene rings is 2. The van der Waals surface area contributed by atoms with E-state index in [0.29, 0.717) is 13.1 Å². The number of amides is 2. The molecule has 0 aromatic heterocycles. The molecule has 2 aromatic rings. The molecule has 0 unspecified atom stereocenters. The van der Waals surface area contributed by atoms with Gasteiger partial charge in [-0.05, 0) is 79.0 Å². The highest BCUT2D eigenvalue weighted by molar-refractivity contribution is 5.91. The van der Waals surface area contributed by atoms with Crippen LogP contribution in [0, 0.1) is 0 Å². The Kier molecular flexibility index (Phi) is 7.95. The summed E-state index contributed by atoms with van der Waals surface area (Å²) < 4.78 is 0. The van der Waals surface area contributed by atoms with E-state index in [9.17, 15) is 19.8 Å². The standard InChI is InChI=1S/C31H37N3O4/c1-21(22-8-10-24(11-9-22)25-12-14-27(15-13-25)33-17-4-5-18-33)32-30(37)28(35)29(36)31(38)34-19-16-23-6-2-3-7-26(23)20-34/h6-15,21,28-29,35-36H,2-5,16-20H2,1H3,(H,32,37)/t21-,28-,29-/m1/s1. The molecule has 2 amide bonds. The van der Waals surface area contributed by atoms with Gasteiger partial charge in [-0.3, -0.25) is 9.59 Å². The Morgan fingerprint density at radius 3 is 2.08 bits per heavy atom. The van der Waals surface area contributed by atoms with Crippen molar-refractivity contribution in [2.45, 2.75) is 57.3 Å². The molecule has 0 radical (unpaired) electrons. The molecule has 0 spiro atoms. The predicted octanol–water partition coefficient (Wildman–Crippen LogP) is 3.73. The van der Waals surface area contributed by atoms with Crippen molar-refractivity contribution < 1.29 is 19.8 Å². The van der Waals surface area contributed by atoms with E-state index in [-0.39, 0.29) is 0 Å². The lowest BCUT2D eigenvalue weighted by atomic mass is 9.91. The van der Waals surface area contributed by atoms with Crippen LogP contribution in [-0.2, 0) is 9.59 Å². The lowest BCUT2D eigenvalue weighted by Crippen LogP contribution is -2.52. The van der Waals surface area contributed by atoms with Gasteiger partial charge in [0.1, 0.15) is 0 Å².